The minimum atomic E-state index is -0.689. The normalized spacial score (nSPS) is 10.5. The summed E-state index contributed by atoms with van der Waals surface area (Å²) in [6.45, 7) is 5.15. The number of para-hydroxylation sites is 1. The summed E-state index contributed by atoms with van der Waals surface area (Å²) in [6.07, 6.45) is 0. The van der Waals surface area contributed by atoms with Crippen LogP contribution in [0.3, 0.4) is 0 Å². The van der Waals surface area contributed by atoms with Crippen LogP contribution in [0.15, 0.2) is 48.5 Å². The van der Waals surface area contributed by atoms with Crippen LogP contribution in [0.4, 0.5) is 5.69 Å². The molecular weight excluding hydrogens is 344 g/mol. The van der Waals surface area contributed by atoms with Crippen LogP contribution in [0.2, 0.25) is 0 Å². The number of benzene rings is 2. The molecule has 1 N–H and O–H groups in total. The number of carbonyl (C=O) groups excluding carboxylic acids is 2. The number of rotatable bonds is 5. The van der Waals surface area contributed by atoms with Crippen LogP contribution in [-0.4, -0.2) is 33.5 Å². The molecule has 27 heavy (non-hydrogen) atoms. The smallest absolute Gasteiger partial charge is 0.361 e. The summed E-state index contributed by atoms with van der Waals surface area (Å²) < 4.78 is 5.10. The van der Waals surface area contributed by atoms with Crippen LogP contribution in [0, 0.1) is 20.8 Å². The molecule has 0 spiro atoms. The van der Waals surface area contributed by atoms with E-state index in [4.69, 9.17) is 4.74 Å². The number of ether oxygens (including phenoxy) is 1. The summed E-state index contributed by atoms with van der Waals surface area (Å²) >= 11 is 0. The summed E-state index contributed by atoms with van der Waals surface area (Å²) in [5, 5.41) is 11.1. The molecule has 0 saturated heterocycles. The first-order chi connectivity index (χ1) is 13.0. The minimum Gasteiger partial charge on any atom is -0.451 e. The fraction of sp³-hybridized carbons (Fsp3) is 0.200. The third-order valence-corrected chi connectivity index (χ3v) is 4.18. The van der Waals surface area contributed by atoms with Crippen molar-refractivity contribution < 1.29 is 14.3 Å². The van der Waals surface area contributed by atoms with Gasteiger partial charge in [0.25, 0.3) is 5.91 Å². The first kappa shape index (κ1) is 18.3. The van der Waals surface area contributed by atoms with E-state index in [9.17, 15) is 9.59 Å². The predicted octanol–water partition coefficient (Wildman–Crippen LogP) is 2.99. The summed E-state index contributed by atoms with van der Waals surface area (Å²) in [5.74, 6) is -1.10. The summed E-state index contributed by atoms with van der Waals surface area (Å²) in [6, 6.07) is 14.9. The molecule has 7 nitrogen and oxygen atoms in total. The highest BCUT2D eigenvalue weighted by atomic mass is 16.5. The van der Waals surface area contributed by atoms with Gasteiger partial charge in [0.15, 0.2) is 12.3 Å². The lowest BCUT2D eigenvalue weighted by Gasteiger charge is -2.10. The molecule has 7 heteroatoms. The van der Waals surface area contributed by atoms with Crippen molar-refractivity contribution in [2.45, 2.75) is 20.8 Å². The van der Waals surface area contributed by atoms with Crippen molar-refractivity contribution in [3.8, 4) is 5.69 Å². The van der Waals surface area contributed by atoms with E-state index < -0.39 is 18.5 Å². The number of hydrogen-bond donors (Lipinski definition) is 1. The third-order valence-electron chi connectivity index (χ3n) is 4.18. The van der Waals surface area contributed by atoms with Crippen LogP contribution in [0.5, 0.6) is 0 Å². The molecule has 0 atom stereocenters. The van der Waals surface area contributed by atoms with Crippen LogP contribution in [0.25, 0.3) is 5.69 Å². The Kier molecular flexibility index (Phi) is 5.30. The Hall–Kier alpha value is -3.48. The van der Waals surface area contributed by atoms with E-state index in [1.165, 1.54) is 4.80 Å². The highest BCUT2D eigenvalue weighted by Crippen LogP contribution is 2.17. The summed E-state index contributed by atoms with van der Waals surface area (Å²) in [7, 11) is 0. The minimum absolute atomic E-state index is 0.0818. The van der Waals surface area contributed by atoms with Gasteiger partial charge in [-0.2, -0.15) is 9.90 Å². The molecule has 0 radical (unpaired) electrons. The average molecular weight is 364 g/mol. The fourth-order valence-electron chi connectivity index (χ4n) is 2.52. The molecule has 3 aromatic rings. The Morgan fingerprint density at radius 3 is 2.48 bits per heavy atom. The zero-order chi connectivity index (χ0) is 19.4. The van der Waals surface area contributed by atoms with Gasteiger partial charge in [0, 0.05) is 5.69 Å². The monoisotopic (exact) mass is 364 g/mol. The molecule has 0 aliphatic heterocycles. The maximum atomic E-state index is 12.3. The highest BCUT2D eigenvalue weighted by Gasteiger charge is 2.19. The van der Waals surface area contributed by atoms with E-state index in [0.29, 0.717) is 11.4 Å². The van der Waals surface area contributed by atoms with Crippen molar-refractivity contribution in [1.29, 1.82) is 0 Å². The van der Waals surface area contributed by atoms with Crippen molar-refractivity contribution in [2.24, 2.45) is 0 Å². The fourth-order valence-corrected chi connectivity index (χ4v) is 2.52. The van der Waals surface area contributed by atoms with Crippen molar-refractivity contribution >= 4 is 17.6 Å². The topological polar surface area (TPSA) is 86.1 Å². The van der Waals surface area contributed by atoms with E-state index in [2.05, 4.69) is 15.5 Å². The van der Waals surface area contributed by atoms with Gasteiger partial charge in [0.2, 0.25) is 0 Å². The van der Waals surface area contributed by atoms with Crippen molar-refractivity contribution in [3.63, 3.8) is 0 Å². The second-order valence-electron chi connectivity index (χ2n) is 6.13. The quantitative estimate of drug-likeness (QED) is 0.704. The zero-order valence-electron chi connectivity index (χ0n) is 15.4. The molecule has 0 bridgehead atoms. The summed E-state index contributed by atoms with van der Waals surface area (Å²) in [5.41, 5.74) is 3.98. The molecule has 0 aliphatic carbocycles. The van der Waals surface area contributed by atoms with Crippen molar-refractivity contribution in [3.05, 3.63) is 71.0 Å². The molecule has 3 rings (SSSR count). The van der Waals surface area contributed by atoms with E-state index in [-0.39, 0.29) is 5.69 Å². The first-order valence-electron chi connectivity index (χ1n) is 8.48. The molecule has 0 unspecified atom stereocenters. The Balaban J connectivity index is 1.63. The number of nitrogens with zero attached hydrogens (tertiary/aromatic N) is 3. The number of aryl methyl sites for hydroxylation is 2. The van der Waals surface area contributed by atoms with Crippen LogP contribution >= 0.6 is 0 Å². The number of carbonyl (C=O) groups is 2. The molecule has 2 aromatic carbocycles. The van der Waals surface area contributed by atoms with Gasteiger partial charge in [0.1, 0.15) is 0 Å². The van der Waals surface area contributed by atoms with Crippen LogP contribution < -0.4 is 5.32 Å². The number of aromatic nitrogens is 3. The lowest BCUT2D eigenvalue weighted by molar-refractivity contribution is -0.119. The maximum absolute atomic E-state index is 12.3. The lowest BCUT2D eigenvalue weighted by atomic mass is 10.1. The Morgan fingerprint density at radius 1 is 1.00 bits per heavy atom. The second-order valence-corrected chi connectivity index (χ2v) is 6.13. The van der Waals surface area contributed by atoms with Crippen molar-refractivity contribution in [1.82, 2.24) is 15.0 Å². The number of anilines is 1. The second kappa shape index (κ2) is 7.82. The lowest BCUT2D eigenvalue weighted by Crippen LogP contribution is -2.22. The number of nitrogens with one attached hydrogen (secondary N) is 1. The van der Waals surface area contributed by atoms with Gasteiger partial charge < -0.3 is 10.1 Å². The van der Waals surface area contributed by atoms with Crippen LogP contribution in [-0.2, 0) is 9.53 Å². The van der Waals surface area contributed by atoms with Crippen LogP contribution in [0.1, 0.15) is 27.3 Å². The number of esters is 1. The first-order valence-corrected chi connectivity index (χ1v) is 8.48. The van der Waals surface area contributed by atoms with Gasteiger partial charge in [-0.25, -0.2) is 4.79 Å². The molecule has 0 aliphatic rings. The van der Waals surface area contributed by atoms with Gasteiger partial charge in [0.05, 0.1) is 11.4 Å². The molecule has 0 fully saturated rings. The van der Waals surface area contributed by atoms with Gasteiger partial charge in [-0.15, -0.1) is 5.10 Å². The number of hydrogen-bond acceptors (Lipinski definition) is 5. The molecule has 1 aromatic heterocycles. The van der Waals surface area contributed by atoms with Gasteiger partial charge in [-0.1, -0.05) is 30.3 Å². The van der Waals surface area contributed by atoms with Gasteiger partial charge >= 0.3 is 5.97 Å². The molecule has 1 heterocycles. The van der Waals surface area contributed by atoms with Gasteiger partial charge in [-0.05, 0) is 50.1 Å². The van der Waals surface area contributed by atoms with E-state index >= 15 is 0 Å². The zero-order valence-corrected chi connectivity index (χ0v) is 15.4. The molecule has 1 amide bonds. The highest BCUT2D eigenvalue weighted by molar-refractivity contribution is 5.95. The molecule has 0 saturated carbocycles. The number of amides is 1. The van der Waals surface area contributed by atoms with E-state index in [1.54, 1.807) is 13.0 Å². The Labute approximate surface area is 157 Å². The standard InChI is InChI=1S/C20H20N4O3/c1-13-8-7-11-17(14(13)2)21-18(25)12-27-20(26)19-15(3)22-24(23-19)16-9-5-4-6-10-16/h4-11H,12H2,1-3H3,(H,21,25). The molecule has 138 valence electrons. The maximum Gasteiger partial charge on any atom is 0.361 e. The van der Waals surface area contributed by atoms with E-state index in [1.807, 2.05) is 56.3 Å². The average Bonchev–Trinajstić information content (AvgIpc) is 3.06. The molecular formula is C20H20N4O3. The Bertz CT molecular complexity index is 980. The van der Waals surface area contributed by atoms with Crippen molar-refractivity contribution in [2.75, 3.05) is 11.9 Å². The summed E-state index contributed by atoms with van der Waals surface area (Å²) in [4.78, 5) is 25.7. The largest absolute Gasteiger partial charge is 0.451 e. The SMILES string of the molecule is Cc1cccc(NC(=O)COC(=O)c2nn(-c3ccccc3)nc2C)c1C. The van der Waals surface area contributed by atoms with Gasteiger partial charge in [-0.3, -0.25) is 4.79 Å². The Morgan fingerprint density at radius 2 is 1.74 bits per heavy atom. The third kappa shape index (κ3) is 4.20. The van der Waals surface area contributed by atoms with E-state index in [0.717, 1.165) is 16.8 Å². The predicted molar refractivity (Wildman–Crippen MR) is 101 cm³/mol.